The summed E-state index contributed by atoms with van der Waals surface area (Å²) in [6.45, 7) is 10.5. The van der Waals surface area contributed by atoms with Crippen molar-refractivity contribution in [2.24, 2.45) is 0 Å². The molecule has 44 heavy (non-hydrogen) atoms. The number of hydrogen-bond donors (Lipinski definition) is 0. The van der Waals surface area contributed by atoms with Crippen LogP contribution in [0.1, 0.15) is 76.9 Å². The van der Waals surface area contributed by atoms with E-state index < -0.39 is 0 Å². The maximum absolute atomic E-state index is 14.4. The highest BCUT2D eigenvalue weighted by Gasteiger charge is 2.37. The molecule has 6 aromatic carbocycles. The fraction of sp³-hybridized carbons (Fsp3) is 0.171. The first-order chi connectivity index (χ1) is 21.2. The molecule has 0 unspecified atom stereocenters. The summed E-state index contributed by atoms with van der Waals surface area (Å²) in [5.41, 5.74) is 7.42. The van der Waals surface area contributed by atoms with E-state index >= 15 is 0 Å². The van der Waals surface area contributed by atoms with Gasteiger partial charge in [-0.25, -0.2) is 4.90 Å². The number of para-hydroxylation sites is 1. The molecule has 3 nitrogen and oxygen atoms in total. The molecule has 0 radical (unpaired) electrons. The number of carbonyl (C=O) groups excluding carboxylic acids is 2. The lowest BCUT2D eigenvalue weighted by molar-refractivity contribution is 0.0893. The van der Waals surface area contributed by atoms with E-state index in [9.17, 15) is 9.59 Å². The van der Waals surface area contributed by atoms with E-state index in [2.05, 4.69) is 101 Å². The van der Waals surface area contributed by atoms with Crippen molar-refractivity contribution in [1.29, 1.82) is 0 Å². The van der Waals surface area contributed by atoms with Gasteiger partial charge in [0, 0.05) is 16.5 Å². The zero-order valence-electron chi connectivity index (χ0n) is 25.8. The van der Waals surface area contributed by atoms with Gasteiger partial charge in [0.05, 0.1) is 5.69 Å². The zero-order chi connectivity index (χ0) is 30.7. The van der Waals surface area contributed by atoms with E-state index in [4.69, 9.17) is 0 Å². The third-order valence-electron chi connectivity index (χ3n) is 9.01. The second kappa shape index (κ2) is 10.6. The standard InChI is InChI=1S/C41H35NO2/c1-24(2)31-11-8-12-32(25(3)4)39(31)42-40(43)35-20-17-28-9-6-7-10-29-23-30(18-19-33(29)27-15-13-26(5)14-16-27)34-21-22-36(41(42)44)38(35)37(28)34/h6-25H,1-5H3. The molecule has 0 aromatic heterocycles. The van der Waals surface area contributed by atoms with Crippen molar-refractivity contribution < 1.29 is 9.59 Å². The first-order valence-electron chi connectivity index (χ1n) is 15.4. The third-order valence-corrected chi connectivity index (χ3v) is 9.01. The molecular weight excluding hydrogens is 538 g/mol. The molecule has 0 atom stereocenters. The summed E-state index contributed by atoms with van der Waals surface area (Å²) in [7, 11) is 0. The van der Waals surface area contributed by atoms with Crippen molar-refractivity contribution in [3.63, 3.8) is 0 Å². The van der Waals surface area contributed by atoms with Crippen LogP contribution in [-0.2, 0) is 0 Å². The van der Waals surface area contributed by atoms with Crippen molar-refractivity contribution in [2.45, 2.75) is 46.5 Å². The monoisotopic (exact) mass is 573 g/mol. The molecule has 2 amide bonds. The minimum Gasteiger partial charge on any atom is -0.268 e. The Hall–Kier alpha value is -5.02. The first-order valence-corrected chi connectivity index (χ1v) is 15.4. The summed E-state index contributed by atoms with van der Waals surface area (Å²) in [6, 6.07) is 37.5. The number of fused-ring (bicyclic) bond motifs is 3. The second-order valence-corrected chi connectivity index (χ2v) is 12.5. The molecule has 0 spiro atoms. The molecule has 3 heteroatoms. The number of nitrogens with zero attached hydrogens (tertiary/aromatic N) is 1. The normalized spacial score (nSPS) is 13.1. The molecule has 1 aliphatic rings. The molecule has 0 fully saturated rings. The van der Waals surface area contributed by atoms with Crippen LogP contribution in [0.4, 0.5) is 5.69 Å². The number of benzene rings is 5. The number of amides is 2. The van der Waals surface area contributed by atoms with Gasteiger partial charge in [-0.15, -0.1) is 0 Å². The maximum Gasteiger partial charge on any atom is 0.266 e. The molecule has 0 N–H and O–H groups in total. The SMILES string of the molecule is Cc1ccc(-c2ccc3cc2ccccc2ccc4c5c(ccc3c25)C(=O)N(c2c(C(C)C)cccc2C(C)C)C4=O)cc1. The van der Waals surface area contributed by atoms with Gasteiger partial charge in [0.1, 0.15) is 0 Å². The summed E-state index contributed by atoms with van der Waals surface area (Å²) in [6.07, 6.45) is 0. The van der Waals surface area contributed by atoms with Gasteiger partial charge >= 0.3 is 0 Å². The minimum atomic E-state index is -0.266. The quantitative estimate of drug-likeness (QED) is 0.197. The maximum atomic E-state index is 14.4. The van der Waals surface area contributed by atoms with Crippen molar-refractivity contribution in [2.75, 3.05) is 4.90 Å². The van der Waals surface area contributed by atoms with Gasteiger partial charge in [0.25, 0.3) is 11.8 Å². The first kappa shape index (κ1) is 27.8. The van der Waals surface area contributed by atoms with Gasteiger partial charge in [0.15, 0.2) is 0 Å². The van der Waals surface area contributed by atoms with E-state index in [1.54, 1.807) is 0 Å². The van der Waals surface area contributed by atoms with Gasteiger partial charge in [-0.05, 0) is 86.1 Å². The average molecular weight is 574 g/mol. The number of hydrogen-bond acceptors (Lipinski definition) is 2. The highest BCUT2D eigenvalue weighted by Crippen LogP contribution is 2.42. The summed E-state index contributed by atoms with van der Waals surface area (Å²) >= 11 is 0. The fourth-order valence-corrected chi connectivity index (χ4v) is 6.75. The Morgan fingerprint density at radius 3 is 1.73 bits per heavy atom. The Morgan fingerprint density at radius 1 is 0.523 bits per heavy atom. The average Bonchev–Trinajstić information content (AvgIpc) is 3.02. The number of aryl methyl sites for hydroxylation is 1. The molecule has 0 saturated carbocycles. The molecule has 6 aromatic rings. The molecule has 7 rings (SSSR count). The minimum absolute atomic E-state index is 0.149. The third kappa shape index (κ3) is 4.34. The van der Waals surface area contributed by atoms with Gasteiger partial charge in [0.2, 0.25) is 0 Å². The lowest BCUT2D eigenvalue weighted by atomic mass is 9.86. The largest absolute Gasteiger partial charge is 0.268 e. The van der Waals surface area contributed by atoms with E-state index in [1.807, 2.05) is 42.5 Å². The zero-order valence-corrected chi connectivity index (χ0v) is 25.8. The van der Waals surface area contributed by atoms with E-state index in [1.165, 1.54) is 16.0 Å². The fourth-order valence-electron chi connectivity index (χ4n) is 6.75. The van der Waals surface area contributed by atoms with Crippen LogP contribution in [-0.4, -0.2) is 11.8 Å². The Labute approximate surface area is 258 Å². The van der Waals surface area contributed by atoms with E-state index in [0.29, 0.717) is 11.1 Å². The lowest BCUT2D eigenvalue weighted by Crippen LogP contribution is -2.41. The number of anilines is 1. The van der Waals surface area contributed by atoms with Gasteiger partial charge in [-0.1, -0.05) is 124 Å². The van der Waals surface area contributed by atoms with Crippen LogP contribution >= 0.6 is 0 Å². The Balaban J connectivity index is 1.51. The van der Waals surface area contributed by atoms with Gasteiger partial charge < -0.3 is 0 Å². The van der Waals surface area contributed by atoms with Crippen molar-refractivity contribution in [3.05, 3.63) is 137 Å². The number of carbonyl (C=O) groups is 2. The van der Waals surface area contributed by atoms with E-state index in [-0.39, 0.29) is 23.7 Å². The van der Waals surface area contributed by atoms with Crippen LogP contribution in [0.5, 0.6) is 0 Å². The van der Waals surface area contributed by atoms with Gasteiger partial charge in [-0.2, -0.15) is 0 Å². The molecule has 0 saturated heterocycles. The van der Waals surface area contributed by atoms with Gasteiger partial charge in [-0.3, -0.25) is 9.59 Å². The van der Waals surface area contributed by atoms with Crippen LogP contribution in [0.15, 0.2) is 109 Å². The van der Waals surface area contributed by atoms with Crippen LogP contribution in [0.3, 0.4) is 0 Å². The summed E-state index contributed by atoms with van der Waals surface area (Å²) < 4.78 is 0. The van der Waals surface area contributed by atoms with Crippen molar-refractivity contribution in [3.8, 4) is 11.1 Å². The van der Waals surface area contributed by atoms with Crippen LogP contribution in [0.25, 0.3) is 43.4 Å². The smallest absolute Gasteiger partial charge is 0.266 e. The van der Waals surface area contributed by atoms with Crippen LogP contribution in [0.2, 0.25) is 0 Å². The summed E-state index contributed by atoms with van der Waals surface area (Å²) in [5, 5.41) is 5.83. The highest BCUT2D eigenvalue weighted by molar-refractivity contribution is 6.39. The topological polar surface area (TPSA) is 37.4 Å². The predicted molar refractivity (Wildman–Crippen MR) is 184 cm³/mol. The molecule has 216 valence electrons. The highest BCUT2D eigenvalue weighted by atomic mass is 16.2. The second-order valence-electron chi connectivity index (χ2n) is 12.5. The Kier molecular flexibility index (Phi) is 6.70. The van der Waals surface area contributed by atoms with Crippen LogP contribution < -0.4 is 4.90 Å². The Morgan fingerprint density at radius 2 is 1.09 bits per heavy atom. The summed E-state index contributed by atoms with van der Waals surface area (Å²) in [5.74, 6) is -0.234. The molecular formula is C41H35NO2. The lowest BCUT2D eigenvalue weighted by Gasteiger charge is -2.32. The molecule has 2 bridgehead atoms. The number of imide groups is 1. The Bertz CT molecular complexity index is 2120. The van der Waals surface area contributed by atoms with Crippen molar-refractivity contribution >= 4 is 49.8 Å². The number of rotatable bonds is 4. The van der Waals surface area contributed by atoms with E-state index in [0.717, 1.165) is 54.7 Å². The molecule has 1 heterocycles. The predicted octanol–water partition coefficient (Wildman–Crippen LogP) is 10.7. The summed E-state index contributed by atoms with van der Waals surface area (Å²) in [4.78, 5) is 30.3. The van der Waals surface area contributed by atoms with Crippen molar-refractivity contribution in [1.82, 2.24) is 0 Å². The molecule has 1 aliphatic heterocycles. The molecule has 0 aliphatic carbocycles. The van der Waals surface area contributed by atoms with Crippen LogP contribution in [0, 0.1) is 6.92 Å².